The predicted molar refractivity (Wildman–Crippen MR) is 127 cm³/mol. The summed E-state index contributed by atoms with van der Waals surface area (Å²) in [6.45, 7) is 4.72. The summed E-state index contributed by atoms with van der Waals surface area (Å²) in [5.74, 6) is 0.342. The van der Waals surface area contributed by atoms with Gasteiger partial charge in [0.05, 0.1) is 18.5 Å². The zero-order valence-corrected chi connectivity index (χ0v) is 19.0. The average Bonchev–Trinajstić information content (AvgIpc) is 2.80. The maximum Gasteiger partial charge on any atom is 0.349 e. The highest BCUT2D eigenvalue weighted by molar-refractivity contribution is 5.97. The lowest BCUT2D eigenvalue weighted by Crippen LogP contribution is -2.51. The van der Waals surface area contributed by atoms with Crippen molar-refractivity contribution in [3.8, 4) is 0 Å². The van der Waals surface area contributed by atoms with Crippen molar-refractivity contribution in [2.24, 2.45) is 11.5 Å². The lowest BCUT2D eigenvalue weighted by atomic mass is 10.0. The number of nitrogens with zero attached hydrogens (tertiary/aromatic N) is 4. The number of aryl methyl sites for hydroxylation is 1. The number of aliphatic hydroxyl groups is 1. The SMILES string of the molecule is C[C@](N)(CO)C(=O)Nc1ccc(Nc2ccn(CCCCN3CCC(N)CC3)c(=O)n2)nc1. The van der Waals surface area contributed by atoms with E-state index in [0.29, 0.717) is 29.9 Å². The molecule has 3 rings (SSSR count). The minimum Gasteiger partial charge on any atom is -0.394 e. The number of rotatable bonds is 10. The number of anilines is 3. The van der Waals surface area contributed by atoms with Crippen LogP contribution in [0.5, 0.6) is 0 Å². The fourth-order valence-corrected chi connectivity index (χ4v) is 3.48. The van der Waals surface area contributed by atoms with E-state index < -0.39 is 18.1 Å². The molecule has 0 saturated carbocycles. The lowest BCUT2D eigenvalue weighted by Gasteiger charge is -2.29. The topological polar surface area (TPSA) is 164 Å². The third kappa shape index (κ3) is 7.32. The van der Waals surface area contributed by atoms with Crippen LogP contribution in [0, 0.1) is 0 Å². The highest BCUT2D eigenvalue weighted by atomic mass is 16.3. The normalized spacial score (nSPS) is 16.8. The molecule has 1 fully saturated rings. The molecule has 2 aromatic heterocycles. The summed E-state index contributed by atoms with van der Waals surface area (Å²) in [7, 11) is 0. The smallest absolute Gasteiger partial charge is 0.349 e. The zero-order valence-electron chi connectivity index (χ0n) is 19.0. The van der Waals surface area contributed by atoms with Crippen molar-refractivity contribution in [1.82, 2.24) is 19.4 Å². The molecule has 11 nitrogen and oxygen atoms in total. The van der Waals surface area contributed by atoms with Crippen LogP contribution in [0.15, 0.2) is 35.4 Å². The number of pyridine rings is 1. The Morgan fingerprint density at radius 3 is 2.58 bits per heavy atom. The van der Waals surface area contributed by atoms with Crippen molar-refractivity contribution in [2.45, 2.75) is 50.7 Å². The average molecular weight is 459 g/mol. The van der Waals surface area contributed by atoms with Gasteiger partial charge in [-0.05, 0) is 70.4 Å². The minimum atomic E-state index is -1.38. The van der Waals surface area contributed by atoms with E-state index in [1.165, 1.54) is 13.1 Å². The second-order valence-corrected chi connectivity index (χ2v) is 8.76. The largest absolute Gasteiger partial charge is 0.394 e. The number of hydrogen-bond acceptors (Lipinski definition) is 9. The van der Waals surface area contributed by atoms with Crippen LogP contribution < -0.4 is 27.8 Å². The standard InChI is InChI=1S/C22H34N8O3/c1-22(24,15-31)20(32)26-17-4-5-18(25-14-17)27-19-8-13-30(21(33)28-19)10-3-2-9-29-11-6-16(23)7-12-29/h4-5,8,13-14,16,31H,2-3,6-7,9-12,15,23-24H2,1H3,(H,26,32)(H,25,27,28,33)/t22-/m0/s1. The zero-order chi connectivity index (χ0) is 23.8. The molecular formula is C22H34N8O3. The van der Waals surface area contributed by atoms with Crippen molar-refractivity contribution in [3.05, 3.63) is 41.1 Å². The summed E-state index contributed by atoms with van der Waals surface area (Å²) < 4.78 is 1.61. The highest BCUT2D eigenvalue weighted by Gasteiger charge is 2.27. The molecule has 0 radical (unpaired) electrons. The molecule has 1 amide bonds. The number of likely N-dealkylation sites (tertiary alicyclic amines) is 1. The summed E-state index contributed by atoms with van der Waals surface area (Å²) >= 11 is 0. The summed E-state index contributed by atoms with van der Waals surface area (Å²) in [5, 5.41) is 14.7. The van der Waals surface area contributed by atoms with Crippen molar-refractivity contribution >= 4 is 23.2 Å². The van der Waals surface area contributed by atoms with Gasteiger partial charge in [0.25, 0.3) is 0 Å². The van der Waals surface area contributed by atoms with Crippen molar-refractivity contribution in [3.63, 3.8) is 0 Å². The van der Waals surface area contributed by atoms with Crippen molar-refractivity contribution in [1.29, 1.82) is 0 Å². The number of piperidine rings is 1. The molecule has 180 valence electrons. The first-order valence-electron chi connectivity index (χ1n) is 11.3. The maximum absolute atomic E-state index is 12.3. The molecule has 7 N–H and O–H groups in total. The number of hydrogen-bond donors (Lipinski definition) is 5. The number of carbonyl (C=O) groups is 1. The van der Waals surface area contributed by atoms with Gasteiger partial charge in [0, 0.05) is 18.8 Å². The number of aliphatic hydroxyl groups excluding tert-OH is 1. The van der Waals surface area contributed by atoms with Crippen molar-refractivity contribution in [2.75, 3.05) is 36.9 Å². The van der Waals surface area contributed by atoms with Crippen LogP contribution in [0.1, 0.15) is 32.6 Å². The molecule has 11 heteroatoms. The minimum absolute atomic E-state index is 0.320. The van der Waals surface area contributed by atoms with Crippen LogP contribution >= 0.6 is 0 Å². The predicted octanol–water partition coefficient (Wildman–Crippen LogP) is 0.233. The van der Waals surface area contributed by atoms with Gasteiger partial charge in [-0.3, -0.25) is 9.36 Å². The summed E-state index contributed by atoms with van der Waals surface area (Å²) in [6, 6.07) is 5.35. The Bertz CT molecular complexity index is 968. The van der Waals surface area contributed by atoms with E-state index in [1.807, 2.05) is 0 Å². The second-order valence-electron chi connectivity index (χ2n) is 8.76. The molecule has 0 aromatic carbocycles. The Morgan fingerprint density at radius 2 is 1.94 bits per heavy atom. The fourth-order valence-electron chi connectivity index (χ4n) is 3.48. The molecule has 33 heavy (non-hydrogen) atoms. The monoisotopic (exact) mass is 458 g/mol. The van der Waals surface area contributed by atoms with Gasteiger partial charge in [0.1, 0.15) is 17.2 Å². The molecule has 0 spiro atoms. The van der Waals surface area contributed by atoms with Gasteiger partial charge >= 0.3 is 5.69 Å². The summed E-state index contributed by atoms with van der Waals surface area (Å²) in [6.07, 6.45) is 7.22. The van der Waals surface area contributed by atoms with Gasteiger partial charge in [0.15, 0.2) is 0 Å². The number of amides is 1. The molecule has 1 aliphatic heterocycles. The Kier molecular flexibility index (Phi) is 8.50. The number of unbranched alkanes of at least 4 members (excludes halogenated alkanes) is 1. The highest BCUT2D eigenvalue weighted by Crippen LogP contribution is 2.15. The van der Waals surface area contributed by atoms with Gasteiger partial charge in [-0.2, -0.15) is 4.98 Å². The van der Waals surface area contributed by atoms with Crippen LogP contribution in [-0.2, 0) is 11.3 Å². The first-order valence-corrected chi connectivity index (χ1v) is 11.3. The molecule has 1 aliphatic rings. The Balaban J connectivity index is 1.46. The van der Waals surface area contributed by atoms with Crippen molar-refractivity contribution < 1.29 is 9.90 Å². The molecule has 1 atom stereocenters. The van der Waals surface area contributed by atoms with E-state index in [1.54, 1.807) is 29.0 Å². The van der Waals surface area contributed by atoms with Crippen LogP contribution in [0.4, 0.5) is 17.3 Å². The Labute approximate surface area is 193 Å². The van der Waals surface area contributed by atoms with E-state index in [9.17, 15) is 9.59 Å². The van der Waals surface area contributed by atoms with E-state index >= 15 is 0 Å². The second kappa shape index (κ2) is 11.3. The first-order chi connectivity index (χ1) is 15.8. The van der Waals surface area contributed by atoms with Gasteiger partial charge in [-0.1, -0.05) is 0 Å². The maximum atomic E-state index is 12.3. The number of nitrogens with one attached hydrogen (secondary N) is 2. The Morgan fingerprint density at radius 1 is 1.21 bits per heavy atom. The molecule has 2 aromatic rings. The number of aromatic nitrogens is 3. The van der Waals surface area contributed by atoms with Crippen LogP contribution in [0.2, 0.25) is 0 Å². The fraction of sp³-hybridized carbons (Fsp3) is 0.545. The van der Waals surface area contributed by atoms with E-state index in [2.05, 4.69) is 25.5 Å². The molecule has 0 bridgehead atoms. The third-order valence-corrected chi connectivity index (χ3v) is 5.75. The molecular weight excluding hydrogens is 424 g/mol. The van der Waals surface area contributed by atoms with E-state index in [-0.39, 0.29) is 5.69 Å². The van der Waals surface area contributed by atoms with Crippen LogP contribution in [0.3, 0.4) is 0 Å². The summed E-state index contributed by atoms with van der Waals surface area (Å²) in [4.78, 5) is 35.1. The first kappa shape index (κ1) is 24.8. The quantitative estimate of drug-likeness (QED) is 0.313. The van der Waals surface area contributed by atoms with Gasteiger partial charge in [-0.25, -0.2) is 9.78 Å². The van der Waals surface area contributed by atoms with Crippen LogP contribution in [-0.4, -0.2) is 68.3 Å². The number of carbonyl (C=O) groups excluding carboxylic acids is 1. The molecule has 1 saturated heterocycles. The van der Waals surface area contributed by atoms with Gasteiger partial charge in [-0.15, -0.1) is 0 Å². The lowest BCUT2D eigenvalue weighted by molar-refractivity contribution is -0.121. The summed E-state index contributed by atoms with van der Waals surface area (Å²) in [5.41, 5.74) is 10.4. The Hall–Kier alpha value is -2.86. The molecule has 3 heterocycles. The van der Waals surface area contributed by atoms with Gasteiger partial charge < -0.3 is 32.1 Å². The van der Waals surface area contributed by atoms with Gasteiger partial charge in [0.2, 0.25) is 5.91 Å². The number of nitrogens with two attached hydrogens (primary N) is 2. The van der Waals surface area contributed by atoms with Crippen LogP contribution in [0.25, 0.3) is 0 Å². The third-order valence-electron chi connectivity index (χ3n) is 5.75. The van der Waals surface area contributed by atoms with E-state index in [0.717, 1.165) is 45.3 Å². The van der Waals surface area contributed by atoms with E-state index in [4.69, 9.17) is 16.6 Å². The molecule has 0 aliphatic carbocycles. The molecule has 0 unspecified atom stereocenters.